The SMILES string of the molecule is CC(C)(C)c1ccc(N2c3cc4c(cc3B3c5cc6c(cc5-c5cc(-c7cccc8oc9ccccc9c78)cc2c53)-c2ccccc2C6(C)C)C(C)(C)c2ccccc2-4)c(-c2ccccc2)c1. The number of rotatable bonds is 3. The Morgan fingerprint density at radius 1 is 0.418 bits per heavy atom. The van der Waals surface area contributed by atoms with Crippen molar-refractivity contribution in [3.63, 3.8) is 0 Å². The first-order valence-corrected chi connectivity index (χ1v) is 24.0. The number of hydrogen-bond acceptors (Lipinski definition) is 2. The predicted octanol–water partition coefficient (Wildman–Crippen LogP) is 15.1. The average Bonchev–Trinajstić information content (AvgIpc) is 4.01. The van der Waals surface area contributed by atoms with Crippen molar-refractivity contribution in [1.29, 1.82) is 0 Å². The largest absolute Gasteiger partial charge is 0.456 e. The molecule has 0 radical (unpaired) electrons. The van der Waals surface area contributed by atoms with E-state index in [1.807, 2.05) is 0 Å². The predicted molar refractivity (Wildman–Crippen MR) is 283 cm³/mol. The van der Waals surface area contributed by atoms with E-state index in [2.05, 4.69) is 229 Å². The van der Waals surface area contributed by atoms with E-state index in [0.29, 0.717) is 0 Å². The van der Waals surface area contributed by atoms with Gasteiger partial charge in [0.25, 0.3) is 0 Å². The van der Waals surface area contributed by atoms with Gasteiger partial charge < -0.3 is 9.32 Å². The Bertz CT molecular complexity index is 3800. The third kappa shape index (κ3) is 5.18. The molecule has 9 aromatic carbocycles. The second kappa shape index (κ2) is 13.2. The molecule has 0 saturated heterocycles. The second-order valence-corrected chi connectivity index (χ2v) is 21.6. The van der Waals surface area contributed by atoms with Crippen LogP contribution in [0.3, 0.4) is 0 Å². The molecule has 0 bridgehead atoms. The highest BCUT2D eigenvalue weighted by Crippen LogP contribution is 2.55. The number of nitrogens with zero attached hydrogens (tertiary/aromatic N) is 1. The fourth-order valence-corrected chi connectivity index (χ4v) is 12.8. The maximum Gasteiger partial charge on any atom is 0.248 e. The Morgan fingerprint density at radius 3 is 1.78 bits per heavy atom. The molecule has 10 aromatic rings. The highest BCUT2D eigenvalue weighted by molar-refractivity contribution is 7.01. The summed E-state index contributed by atoms with van der Waals surface area (Å²) in [5, 5.41) is 2.30. The molecule has 0 atom stereocenters. The van der Waals surface area contributed by atoms with Crippen LogP contribution in [0.4, 0.5) is 17.1 Å². The summed E-state index contributed by atoms with van der Waals surface area (Å²) in [6.07, 6.45) is 0. The smallest absolute Gasteiger partial charge is 0.248 e. The molecule has 2 aliphatic carbocycles. The van der Waals surface area contributed by atoms with Crippen molar-refractivity contribution >= 4 is 62.1 Å². The topological polar surface area (TPSA) is 16.4 Å². The van der Waals surface area contributed by atoms with Crippen molar-refractivity contribution in [2.75, 3.05) is 4.90 Å². The highest BCUT2D eigenvalue weighted by atomic mass is 16.3. The van der Waals surface area contributed by atoms with E-state index in [1.165, 1.54) is 117 Å². The van der Waals surface area contributed by atoms with Crippen molar-refractivity contribution in [3.8, 4) is 55.6 Å². The van der Waals surface area contributed by atoms with Crippen molar-refractivity contribution in [1.82, 2.24) is 0 Å². The number of anilines is 3. The van der Waals surface area contributed by atoms with Crippen LogP contribution in [-0.2, 0) is 16.2 Å². The fraction of sp³-hybridized carbons (Fsp3) is 0.156. The third-order valence-corrected chi connectivity index (χ3v) is 16.2. The van der Waals surface area contributed by atoms with E-state index in [4.69, 9.17) is 4.42 Å². The quantitative estimate of drug-likeness (QED) is 0.165. The molecule has 0 N–H and O–H groups in total. The normalized spacial score (nSPS) is 15.3. The maximum atomic E-state index is 6.57. The van der Waals surface area contributed by atoms with E-state index in [-0.39, 0.29) is 23.0 Å². The van der Waals surface area contributed by atoms with Crippen LogP contribution in [-0.4, -0.2) is 6.71 Å². The molecule has 14 rings (SSSR count). The zero-order chi connectivity index (χ0) is 45.3. The van der Waals surface area contributed by atoms with Crippen molar-refractivity contribution < 1.29 is 4.42 Å². The van der Waals surface area contributed by atoms with Gasteiger partial charge >= 0.3 is 0 Å². The molecule has 0 unspecified atom stereocenters. The van der Waals surface area contributed by atoms with Crippen LogP contribution >= 0.6 is 0 Å². The van der Waals surface area contributed by atoms with E-state index >= 15 is 0 Å². The van der Waals surface area contributed by atoms with Gasteiger partial charge in [0.1, 0.15) is 11.2 Å². The molecular formula is C64H50BNO. The summed E-state index contributed by atoms with van der Waals surface area (Å²) in [6, 6.07) is 67.0. The minimum absolute atomic E-state index is 0.0366. The molecule has 0 spiro atoms. The molecule has 4 aliphatic rings. The van der Waals surface area contributed by atoms with Crippen LogP contribution in [0.1, 0.15) is 76.3 Å². The van der Waals surface area contributed by atoms with E-state index in [9.17, 15) is 0 Å². The number of benzene rings is 9. The molecule has 0 fully saturated rings. The van der Waals surface area contributed by atoms with Gasteiger partial charge in [0.05, 0.1) is 5.69 Å². The summed E-state index contributed by atoms with van der Waals surface area (Å²) in [7, 11) is 0. The standard InChI is InChI=1S/C64H50BNO/c1-62(2,3)39-28-29-55(44(32-39)37-18-9-8-10-19-37)66-56-34-46-42-21-12-15-25-50(42)64(6,7)52(46)36-54(56)65-53-35-51-45(41-20-11-14-24-49(41)63(51,4)5)33-47(53)48-30-38(31-57(66)61(48)65)40-23-17-27-59-60(40)43-22-13-16-26-58(43)67-59/h8-36H,1-7H3. The minimum atomic E-state index is -0.155. The molecule has 3 heterocycles. The first-order chi connectivity index (χ1) is 32.4. The molecular weight excluding hydrogens is 810 g/mol. The molecule has 67 heavy (non-hydrogen) atoms. The lowest BCUT2D eigenvalue weighted by atomic mass is 9.36. The Morgan fingerprint density at radius 2 is 1.04 bits per heavy atom. The zero-order valence-corrected chi connectivity index (χ0v) is 39.2. The summed E-state index contributed by atoms with van der Waals surface area (Å²) in [4.78, 5) is 2.66. The molecule has 0 amide bonds. The Balaban J connectivity index is 1.14. The number of para-hydroxylation sites is 1. The van der Waals surface area contributed by atoms with Crippen LogP contribution < -0.4 is 21.3 Å². The van der Waals surface area contributed by atoms with Crippen LogP contribution in [0.5, 0.6) is 0 Å². The monoisotopic (exact) mass is 859 g/mol. The van der Waals surface area contributed by atoms with E-state index in [0.717, 1.165) is 21.9 Å². The van der Waals surface area contributed by atoms with Gasteiger partial charge in [0.2, 0.25) is 6.71 Å². The summed E-state index contributed by atoms with van der Waals surface area (Å²) in [5.41, 5.74) is 29.1. The number of fused-ring (bicyclic) bond motifs is 14. The van der Waals surface area contributed by atoms with Crippen LogP contribution in [0.2, 0.25) is 0 Å². The van der Waals surface area contributed by atoms with Gasteiger partial charge in [-0.15, -0.1) is 0 Å². The number of furan rings is 1. The second-order valence-electron chi connectivity index (χ2n) is 21.6. The van der Waals surface area contributed by atoms with Crippen LogP contribution in [0.25, 0.3) is 77.6 Å². The Labute approximate surface area is 393 Å². The lowest BCUT2D eigenvalue weighted by Crippen LogP contribution is -2.55. The first kappa shape index (κ1) is 38.9. The van der Waals surface area contributed by atoms with E-state index < -0.39 is 0 Å². The maximum absolute atomic E-state index is 6.57. The van der Waals surface area contributed by atoms with Gasteiger partial charge in [-0.05, 0) is 143 Å². The molecule has 1 aromatic heterocycles. The lowest BCUT2D eigenvalue weighted by Gasteiger charge is -2.39. The Hall–Kier alpha value is -7.36. The highest BCUT2D eigenvalue weighted by Gasteiger charge is 2.48. The van der Waals surface area contributed by atoms with Gasteiger partial charge in [0.15, 0.2) is 0 Å². The van der Waals surface area contributed by atoms with E-state index in [1.54, 1.807) is 0 Å². The average molecular weight is 860 g/mol. The summed E-state index contributed by atoms with van der Waals surface area (Å²) in [6.45, 7) is 16.7. The minimum Gasteiger partial charge on any atom is -0.456 e. The lowest BCUT2D eigenvalue weighted by molar-refractivity contribution is 0.590. The molecule has 2 nitrogen and oxygen atoms in total. The van der Waals surface area contributed by atoms with Crippen molar-refractivity contribution in [3.05, 3.63) is 204 Å². The summed E-state index contributed by atoms with van der Waals surface area (Å²) in [5.74, 6) is 0. The first-order valence-electron chi connectivity index (χ1n) is 24.0. The number of hydrogen-bond donors (Lipinski definition) is 0. The summed E-state index contributed by atoms with van der Waals surface area (Å²) >= 11 is 0. The van der Waals surface area contributed by atoms with Crippen LogP contribution in [0, 0.1) is 0 Å². The van der Waals surface area contributed by atoms with Crippen LogP contribution in [0.15, 0.2) is 180 Å². The van der Waals surface area contributed by atoms with Gasteiger partial charge in [-0.1, -0.05) is 181 Å². The van der Waals surface area contributed by atoms with Gasteiger partial charge in [-0.3, -0.25) is 0 Å². The molecule has 320 valence electrons. The zero-order valence-electron chi connectivity index (χ0n) is 39.2. The van der Waals surface area contributed by atoms with Crippen molar-refractivity contribution in [2.24, 2.45) is 0 Å². The van der Waals surface area contributed by atoms with Crippen molar-refractivity contribution in [2.45, 2.75) is 64.7 Å². The third-order valence-electron chi connectivity index (χ3n) is 16.2. The fourth-order valence-electron chi connectivity index (χ4n) is 12.8. The van der Waals surface area contributed by atoms with Gasteiger partial charge in [0, 0.05) is 38.5 Å². The van der Waals surface area contributed by atoms with Gasteiger partial charge in [-0.2, -0.15) is 0 Å². The molecule has 3 heteroatoms. The van der Waals surface area contributed by atoms with Gasteiger partial charge in [-0.25, -0.2) is 0 Å². The molecule has 2 aliphatic heterocycles. The Kier molecular flexibility index (Phi) is 7.64. The molecule has 0 saturated carbocycles. The summed E-state index contributed by atoms with van der Waals surface area (Å²) < 4.78 is 6.57.